The number of amides is 3. The lowest BCUT2D eigenvalue weighted by Crippen LogP contribution is -2.49. The van der Waals surface area contributed by atoms with Crippen LogP contribution in [-0.4, -0.2) is 71.8 Å². The van der Waals surface area contributed by atoms with Gasteiger partial charge in [0.15, 0.2) is 0 Å². The number of likely N-dealkylation sites (tertiary alicyclic amines) is 1. The van der Waals surface area contributed by atoms with Gasteiger partial charge in [0.05, 0.1) is 13.2 Å². The Morgan fingerprint density at radius 1 is 0.884 bits per heavy atom. The SMILES string of the molecule is COc1ccc(NC(=O)Nc2ccc(C3CC(C(=O)NC(Cc4ccc(CCC(=O)O)cc4)C(=O)O)N(C)C3)cc2)cc1. The number of hydrogen-bond acceptors (Lipinski definition) is 6. The molecule has 1 saturated heterocycles. The van der Waals surface area contributed by atoms with Gasteiger partial charge in [0.2, 0.25) is 5.91 Å². The summed E-state index contributed by atoms with van der Waals surface area (Å²) in [5.41, 5.74) is 3.84. The molecular formula is C32H36N4O7. The van der Waals surface area contributed by atoms with Crippen LogP contribution in [0.1, 0.15) is 35.4 Å². The summed E-state index contributed by atoms with van der Waals surface area (Å²) < 4.78 is 5.12. The molecule has 3 atom stereocenters. The van der Waals surface area contributed by atoms with Crippen LogP contribution in [-0.2, 0) is 27.2 Å². The summed E-state index contributed by atoms with van der Waals surface area (Å²) in [6.07, 6.45) is 1.05. The Morgan fingerprint density at radius 2 is 1.47 bits per heavy atom. The average molecular weight is 589 g/mol. The first-order valence-corrected chi connectivity index (χ1v) is 14.0. The molecule has 3 aromatic rings. The lowest BCUT2D eigenvalue weighted by atomic mass is 9.95. The largest absolute Gasteiger partial charge is 0.497 e. The molecule has 1 fully saturated rings. The van der Waals surface area contributed by atoms with E-state index in [0.29, 0.717) is 36.5 Å². The van der Waals surface area contributed by atoms with Gasteiger partial charge in [0.25, 0.3) is 0 Å². The van der Waals surface area contributed by atoms with Crippen molar-refractivity contribution in [2.45, 2.75) is 43.7 Å². The Morgan fingerprint density at radius 3 is 2.02 bits per heavy atom. The van der Waals surface area contributed by atoms with Crippen LogP contribution in [0.4, 0.5) is 16.2 Å². The van der Waals surface area contributed by atoms with E-state index < -0.39 is 24.0 Å². The summed E-state index contributed by atoms with van der Waals surface area (Å²) in [5.74, 6) is -1.59. The van der Waals surface area contributed by atoms with E-state index in [0.717, 1.165) is 16.7 Å². The number of benzene rings is 3. The summed E-state index contributed by atoms with van der Waals surface area (Å²) in [5, 5.41) is 26.9. The zero-order valence-electron chi connectivity index (χ0n) is 24.1. The van der Waals surface area contributed by atoms with Crippen molar-refractivity contribution >= 4 is 35.3 Å². The van der Waals surface area contributed by atoms with E-state index in [9.17, 15) is 24.3 Å². The number of carboxylic acids is 2. The number of likely N-dealkylation sites (N-methyl/N-ethyl adjacent to an activating group) is 1. The molecule has 3 aromatic carbocycles. The number of methoxy groups -OCH3 is 1. The number of carboxylic acid groups (broad SMARTS) is 2. The zero-order valence-corrected chi connectivity index (χ0v) is 24.1. The molecule has 226 valence electrons. The van der Waals surface area contributed by atoms with Crippen molar-refractivity contribution in [3.05, 3.63) is 89.5 Å². The van der Waals surface area contributed by atoms with Gasteiger partial charge in [-0.2, -0.15) is 0 Å². The quantitative estimate of drug-likeness (QED) is 0.213. The Balaban J connectivity index is 1.30. The van der Waals surface area contributed by atoms with Crippen molar-refractivity contribution < 1.29 is 34.1 Å². The molecule has 0 aromatic heterocycles. The zero-order chi connectivity index (χ0) is 30.9. The minimum absolute atomic E-state index is 0.0204. The second kappa shape index (κ2) is 14.3. The van der Waals surface area contributed by atoms with Gasteiger partial charge >= 0.3 is 18.0 Å². The lowest BCUT2D eigenvalue weighted by Gasteiger charge is -2.22. The predicted molar refractivity (Wildman–Crippen MR) is 162 cm³/mol. The minimum atomic E-state index is -1.13. The van der Waals surface area contributed by atoms with Gasteiger partial charge in [-0.3, -0.25) is 14.5 Å². The lowest BCUT2D eigenvalue weighted by molar-refractivity contribution is -0.142. The number of nitrogens with one attached hydrogen (secondary N) is 3. The molecule has 0 aliphatic carbocycles. The number of rotatable bonds is 12. The van der Waals surface area contributed by atoms with Crippen molar-refractivity contribution in [2.75, 3.05) is 31.3 Å². The van der Waals surface area contributed by atoms with Gasteiger partial charge in [0, 0.05) is 30.8 Å². The molecule has 11 nitrogen and oxygen atoms in total. The smallest absolute Gasteiger partial charge is 0.326 e. The van der Waals surface area contributed by atoms with Gasteiger partial charge in [-0.25, -0.2) is 9.59 Å². The molecule has 0 saturated carbocycles. The third kappa shape index (κ3) is 8.79. The standard InChI is InChI=1S/C32H36N4O7/c1-36-19-23(22-8-10-24(11-9-22)33-32(42)34-25-12-14-26(43-2)15-13-25)18-28(36)30(39)35-27(31(40)41)17-21-5-3-20(4-6-21)7-16-29(37)38/h3-6,8-15,23,27-28H,7,16-19H2,1-2H3,(H,35,39)(H,37,38)(H,40,41)(H2,33,34,42). The molecule has 43 heavy (non-hydrogen) atoms. The Hall–Kier alpha value is -4.90. The molecule has 5 N–H and O–H groups in total. The van der Waals surface area contributed by atoms with Gasteiger partial charge in [0.1, 0.15) is 11.8 Å². The molecule has 0 radical (unpaired) electrons. The fourth-order valence-electron chi connectivity index (χ4n) is 5.15. The number of anilines is 2. The van der Waals surface area contributed by atoms with Crippen LogP contribution in [0.25, 0.3) is 0 Å². The summed E-state index contributed by atoms with van der Waals surface area (Å²) >= 11 is 0. The van der Waals surface area contributed by atoms with Crippen LogP contribution >= 0.6 is 0 Å². The van der Waals surface area contributed by atoms with E-state index >= 15 is 0 Å². The third-order valence-electron chi connectivity index (χ3n) is 7.54. The van der Waals surface area contributed by atoms with Crippen molar-refractivity contribution in [3.63, 3.8) is 0 Å². The highest BCUT2D eigenvalue weighted by atomic mass is 16.5. The molecule has 1 aliphatic rings. The number of aryl methyl sites for hydroxylation is 1. The van der Waals surface area contributed by atoms with Crippen molar-refractivity contribution in [1.82, 2.24) is 10.2 Å². The average Bonchev–Trinajstić information content (AvgIpc) is 3.38. The molecule has 11 heteroatoms. The number of urea groups is 1. The first kappa shape index (κ1) is 31.0. The van der Waals surface area contributed by atoms with Crippen LogP contribution in [0.3, 0.4) is 0 Å². The Bertz CT molecular complexity index is 1430. The minimum Gasteiger partial charge on any atom is -0.497 e. The molecule has 1 aliphatic heterocycles. The fraction of sp³-hybridized carbons (Fsp3) is 0.312. The van der Waals surface area contributed by atoms with Gasteiger partial charge < -0.3 is 30.9 Å². The normalized spacial score (nSPS) is 17.1. The van der Waals surface area contributed by atoms with Crippen LogP contribution in [0.5, 0.6) is 5.75 Å². The third-order valence-corrected chi connectivity index (χ3v) is 7.54. The summed E-state index contributed by atoms with van der Waals surface area (Å²) in [6.45, 7) is 0.623. The second-order valence-corrected chi connectivity index (χ2v) is 10.6. The molecule has 3 unspecified atom stereocenters. The maximum Gasteiger partial charge on any atom is 0.326 e. The predicted octanol–water partition coefficient (Wildman–Crippen LogP) is 3.96. The maximum atomic E-state index is 13.2. The highest BCUT2D eigenvalue weighted by Gasteiger charge is 2.36. The molecule has 0 spiro atoms. The molecule has 4 rings (SSSR count). The van der Waals surface area contributed by atoms with Crippen LogP contribution in [0.2, 0.25) is 0 Å². The Kier molecular flexibility index (Phi) is 10.3. The van der Waals surface area contributed by atoms with Gasteiger partial charge in [-0.1, -0.05) is 36.4 Å². The maximum absolute atomic E-state index is 13.2. The van der Waals surface area contributed by atoms with E-state index in [2.05, 4.69) is 16.0 Å². The van der Waals surface area contributed by atoms with E-state index in [4.69, 9.17) is 9.84 Å². The first-order valence-electron chi connectivity index (χ1n) is 14.0. The van der Waals surface area contributed by atoms with Crippen molar-refractivity contribution in [2.24, 2.45) is 0 Å². The number of carbonyl (C=O) groups is 4. The molecule has 1 heterocycles. The Labute approximate surface area is 249 Å². The molecule has 0 bridgehead atoms. The molecular weight excluding hydrogens is 552 g/mol. The summed E-state index contributed by atoms with van der Waals surface area (Å²) in [4.78, 5) is 50.2. The number of carbonyl (C=O) groups excluding carboxylic acids is 2. The number of ether oxygens (including phenoxy) is 1. The second-order valence-electron chi connectivity index (χ2n) is 10.6. The van der Waals surface area contributed by atoms with Crippen molar-refractivity contribution in [1.29, 1.82) is 0 Å². The van der Waals surface area contributed by atoms with Gasteiger partial charge in [-0.15, -0.1) is 0 Å². The fourth-order valence-corrected chi connectivity index (χ4v) is 5.15. The number of hydrogen-bond donors (Lipinski definition) is 5. The van der Waals surface area contributed by atoms with Crippen LogP contribution in [0, 0.1) is 0 Å². The highest BCUT2D eigenvalue weighted by molar-refractivity contribution is 5.99. The monoisotopic (exact) mass is 588 g/mol. The van der Waals surface area contributed by atoms with Crippen molar-refractivity contribution in [3.8, 4) is 5.75 Å². The molecule has 3 amide bonds. The van der Waals surface area contributed by atoms with Gasteiger partial charge in [-0.05, 0) is 78.9 Å². The number of nitrogens with zero attached hydrogens (tertiary/aromatic N) is 1. The van der Waals surface area contributed by atoms with E-state index in [1.807, 2.05) is 36.2 Å². The van der Waals surface area contributed by atoms with Crippen LogP contribution < -0.4 is 20.7 Å². The topological polar surface area (TPSA) is 157 Å². The summed E-state index contributed by atoms with van der Waals surface area (Å²) in [7, 11) is 3.42. The highest BCUT2D eigenvalue weighted by Crippen LogP contribution is 2.31. The van der Waals surface area contributed by atoms with E-state index in [1.165, 1.54) is 0 Å². The van der Waals surface area contributed by atoms with E-state index in [1.54, 1.807) is 55.6 Å². The first-order chi connectivity index (χ1) is 20.6. The van der Waals surface area contributed by atoms with Crippen LogP contribution in [0.15, 0.2) is 72.8 Å². The van der Waals surface area contributed by atoms with E-state index in [-0.39, 0.29) is 30.7 Å². The summed E-state index contributed by atoms with van der Waals surface area (Å²) in [6, 6.07) is 19.6. The number of aliphatic carboxylic acids is 2.